The number of hydrogen-bond donors (Lipinski definition) is 0. The van der Waals surface area contributed by atoms with Crippen LogP contribution in [0.2, 0.25) is 51.4 Å². The molecule has 4 aromatic rings. The highest BCUT2D eigenvalue weighted by Gasteiger charge is 2.35. The van der Waals surface area contributed by atoms with E-state index in [1.165, 1.54) is 18.2 Å². The number of benzene rings is 1. The Morgan fingerprint density at radius 2 is 1.58 bits per heavy atom. The summed E-state index contributed by atoms with van der Waals surface area (Å²) in [5.74, 6) is -0.228. The number of ether oxygens (including phenoxy) is 2. The van der Waals surface area contributed by atoms with Crippen molar-refractivity contribution < 1.29 is 27.4 Å². The molecule has 0 unspecified atom stereocenters. The molecule has 0 atom stereocenters. The van der Waals surface area contributed by atoms with E-state index in [-0.39, 0.29) is 19.0 Å². The molecule has 0 aliphatic heterocycles. The third-order valence-corrected chi connectivity index (χ3v) is 10.8. The second kappa shape index (κ2) is 13.2. The van der Waals surface area contributed by atoms with Gasteiger partial charge in [-0.1, -0.05) is 57.5 Å². The van der Waals surface area contributed by atoms with E-state index < -0.39 is 39.2 Å². The number of hydrogen-bond acceptors (Lipinski definition) is 5. The molecule has 0 aliphatic carbocycles. The minimum absolute atomic E-state index is 0.107. The lowest BCUT2D eigenvalue weighted by atomic mass is 9.99. The lowest BCUT2D eigenvalue weighted by molar-refractivity contribution is -0.137. The Morgan fingerprint density at radius 1 is 0.953 bits per heavy atom. The number of imidazole rings is 1. The maximum atomic E-state index is 13.8. The standard InChI is InChI=1S/C30H38BrF3N4O3Si2/c1-42(2,3)13-11-40-19-37-18-21(28(39)22-9-7-8-10-23(22)30(32,33)34)15-26(37)29-36-24-17-35-27(31)16-25(24)38(29)20-41-12-14-43(4,5)6/h7-10,15-18H,11-14,19-20H2,1-6H3. The topological polar surface area (TPSA) is 71.2 Å². The highest BCUT2D eigenvalue weighted by Crippen LogP contribution is 2.34. The van der Waals surface area contributed by atoms with Crippen molar-refractivity contribution in [3.8, 4) is 11.5 Å². The van der Waals surface area contributed by atoms with Gasteiger partial charge < -0.3 is 14.0 Å². The van der Waals surface area contributed by atoms with Crippen molar-refractivity contribution in [1.82, 2.24) is 19.1 Å². The molecule has 1 aromatic carbocycles. The van der Waals surface area contributed by atoms with E-state index in [1.54, 1.807) is 23.0 Å². The number of ketones is 1. The van der Waals surface area contributed by atoms with Gasteiger partial charge in [0.2, 0.25) is 0 Å². The number of halogens is 4. The van der Waals surface area contributed by atoms with E-state index in [4.69, 9.17) is 14.5 Å². The van der Waals surface area contributed by atoms with Crippen LogP contribution in [0.1, 0.15) is 21.5 Å². The number of carbonyl (C=O) groups excluding carboxylic acids is 1. The largest absolute Gasteiger partial charge is 0.417 e. The Labute approximate surface area is 260 Å². The summed E-state index contributed by atoms with van der Waals surface area (Å²) in [4.78, 5) is 22.7. The molecule has 7 nitrogen and oxygen atoms in total. The van der Waals surface area contributed by atoms with Crippen LogP contribution in [-0.4, -0.2) is 54.2 Å². The lowest BCUT2D eigenvalue weighted by Gasteiger charge is -2.17. The van der Waals surface area contributed by atoms with E-state index >= 15 is 0 Å². The van der Waals surface area contributed by atoms with Crippen molar-refractivity contribution in [3.05, 3.63) is 70.1 Å². The van der Waals surface area contributed by atoms with Gasteiger partial charge in [0.05, 0.1) is 23.0 Å². The minimum atomic E-state index is -4.67. The highest BCUT2D eigenvalue weighted by atomic mass is 79.9. The van der Waals surface area contributed by atoms with Gasteiger partial charge in [-0.25, -0.2) is 9.97 Å². The predicted octanol–water partition coefficient (Wildman–Crippen LogP) is 8.54. The van der Waals surface area contributed by atoms with Crippen molar-refractivity contribution in [2.24, 2.45) is 0 Å². The zero-order chi connectivity index (χ0) is 31.6. The highest BCUT2D eigenvalue weighted by molar-refractivity contribution is 9.10. The summed E-state index contributed by atoms with van der Waals surface area (Å²) < 4.78 is 57.8. The molecule has 0 fully saturated rings. The van der Waals surface area contributed by atoms with Crippen LogP contribution in [0, 0.1) is 0 Å². The average molecular weight is 696 g/mol. The SMILES string of the molecule is C[Si](C)(C)CCOCn1cc(C(=O)c2ccccc2C(F)(F)F)cc1-c1nc2cnc(Br)cc2n1COCC[Si](C)(C)C. The average Bonchev–Trinajstić information content (AvgIpc) is 3.48. The van der Waals surface area contributed by atoms with E-state index in [0.717, 1.165) is 23.7 Å². The molecule has 3 heterocycles. The van der Waals surface area contributed by atoms with E-state index in [2.05, 4.69) is 60.2 Å². The monoisotopic (exact) mass is 694 g/mol. The maximum absolute atomic E-state index is 13.8. The summed E-state index contributed by atoms with van der Waals surface area (Å²) >= 11 is 3.44. The summed E-state index contributed by atoms with van der Waals surface area (Å²) in [6.07, 6.45) is -1.48. The Kier molecular flexibility index (Phi) is 10.2. The second-order valence-electron chi connectivity index (χ2n) is 13.0. The van der Waals surface area contributed by atoms with Crippen LogP contribution in [0.15, 0.2) is 53.4 Å². The molecule has 0 N–H and O–H groups in total. The normalized spacial score (nSPS) is 12.8. The molecule has 0 radical (unpaired) electrons. The molecular weight excluding hydrogens is 657 g/mol. The lowest BCUT2D eigenvalue weighted by Crippen LogP contribution is -2.22. The number of carbonyl (C=O) groups is 1. The van der Waals surface area contributed by atoms with Gasteiger partial charge in [0.25, 0.3) is 0 Å². The Morgan fingerprint density at radius 3 is 2.21 bits per heavy atom. The van der Waals surface area contributed by atoms with Crippen molar-refractivity contribution in [1.29, 1.82) is 0 Å². The molecule has 0 amide bonds. The third kappa shape index (κ3) is 8.75. The number of alkyl halides is 3. The fourth-order valence-electron chi connectivity index (χ4n) is 4.42. The van der Waals surface area contributed by atoms with Crippen molar-refractivity contribution in [3.63, 3.8) is 0 Å². The maximum Gasteiger partial charge on any atom is 0.417 e. The third-order valence-electron chi connectivity index (χ3n) is 6.91. The summed E-state index contributed by atoms with van der Waals surface area (Å²) in [7, 11) is -2.68. The van der Waals surface area contributed by atoms with E-state index in [1.807, 2.05) is 10.6 Å². The fourth-order valence-corrected chi connectivity index (χ4v) is 6.25. The molecule has 0 spiro atoms. The second-order valence-corrected chi connectivity index (χ2v) is 25.1. The first-order valence-corrected chi connectivity index (χ1v) is 22.3. The van der Waals surface area contributed by atoms with Crippen molar-refractivity contribution in [2.45, 2.75) is 71.0 Å². The molecule has 0 aliphatic rings. The summed E-state index contributed by atoms with van der Waals surface area (Å²) in [6.45, 7) is 15.0. The van der Waals surface area contributed by atoms with Gasteiger partial charge in [-0.2, -0.15) is 13.2 Å². The molecule has 232 valence electrons. The molecule has 13 heteroatoms. The van der Waals surface area contributed by atoms with Crippen molar-refractivity contribution in [2.75, 3.05) is 13.2 Å². The quantitative estimate of drug-likeness (QED) is 0.0607. The number of fused-ring (bicyclic) bond motifs is 1. The zero-order valence-electron chi connectivity index (χ0n) is 25.4. The molecule has 0 bridgehead atoms. The Balaban J connectivity index is 1.78. The summed E-state index contributed by atoms with van der Waals surface area (Å²) in [5.41, 5.74) is 0.650. The number of nitrogens with zero attached hydrogens (tertiary/aromatic N) is 4. The van der Waals surface area contributed by atoms with Crippen LogP contribution in [0.25, 0.3) is 22.6 Å². The fraction of sp³-hybridized carbons (Fsp3) is 0.433. The molecule has 0 saturated heterocycles. The van der Waals surface area contributed by atoms with Crippen LogP contribution in [0.5, 0.6) is 0 Å². The van der Waals surface area contributed by atoms with Crippen LogP contribution < -0.4 is 0 Å². The van der Waals surface area contributed by atoms with Gasteiger partial charge in [-0.15, -0.1) is 0 Å². The van der Waals surface area contributed by atoms with Gasteiger partial charge in [0, 0.05) is 46.7 Å². The van der Waals surface area contributed by atoms with Gasteiger partial charge in [0.1, 0.15) is 23.6 Å². The van der Waals surface area contributed by atoms with Gasteiger partial charge in [-0.05, 0) is 46.2 Å². The molecular formula is C30H38BrF3N4O3Si2. The van der Waals surface area contributed by atoms with E-state index in [0.29, 0.717) is 34.9 Å². The van der Waals surface area contributed by atoms with Crippen LogP contribution >= 0.6 is 15.9 Å². The molecule has 3 aromatic heterocycles. The molecule has 4 rings (SSSR count). The predicted molar refractivity (Wildman–Crippen MR) is 172 cm³/mol. The minimum Gasteiger partial charge on any atom is -0.361 e. The van der Waals surface area contributed by atoms with Gasteiger partial charge in [-0.3, -0.25) is 9.36 Å². The number of aromatic nitrogens is 4. The van der Waals surface area contributed by atoms with Gasteiger partial charge >= 0.3 is 6.18 Å². The smallest absolute Gasteiger partial charge is 0.361 e. The van der Waals surface area contributed by atoms with Crippen LogP contribution in [-0.2, 0) is 29.1 Å². The number of pyridine rings is 1. The Bertz CT molecular complexity index is 1590. The first kappa shape index (κ1) is 33.3. The van der Waals surface area contributed by atoms with Crippen LogP contribution in [0.4, 0.5) is 13.2 Å². The van der Waals surface area contributed by atoms with E-state index in [9.17, 15) is 18.0 Å². The van der Waals surface area contributed by atoms with Gasteiger partial charge in [0.15, 0.2) is 11.6 Å². The molecule has 0 saturated carbocycles. The van der Waals surface area contributed by atoms with Crippen molar-refractivity contribution >= 4 is 48.9 Å². The summed E-state index contributed by atoms with van der Waals surface area (Å²) in [6, 6.07) is 10.2. The first-order valence-electron chi connectivity index (χ1n) is 14.1. The first-order chi connectivity index (χ1) is 20.0. The Hall–Kier alpha value is -2.59. The summed E-state index contributed by atoms with van der Waals surface area (Å²) in [5, 5.41) is 0. The number of rotatable bonds is 13. The zero-order valence-corrected chi connectivity index (χ0v) is 29.0. The van der Waals surface area contributed by atoms with Crippen LogP contribution in [0.3, 0.4) is 0 Å². The molecule has 43 heavy (non-hydrogen) atoms.